The molecule has 1 N–H and O–H groups in total. The molecule has 0 atom stereocenters. The summed E-state index contributed by atoms with van der Waals surface area (Å²) in [5.41, 5.74) is 1.02. The van der Waals surface area contributed by atoms with Gasteiger partial charge in [0.05, 0.1) is 20.8 Å². The van der Waals surface area contributed by atoms with Crippen molar-refractivity contribution in [2.24, 2.45) is 0 Å². The fourth-order valence-electron chi connectivity index (χ4n) is 1.55. The minimum atomic E-state index is -0.819. The molecule has 0 unspecified atom stereocenters. The third-order valence-corrected chi connectivity index (χ3v) is 3.12. The Morgan fingerprint density at radius 1 is 1.36 bits per heavy atom. The number of hydrogen-bond acceptors (Lipinski definition) is 3. The summed E-state index contributed by atoms with van der Waals surface area (Å²) in [7, 11) is 0. The van der Waals surface area contributed by atoms with Crippen molar-refractivity contribution in [2.75, 3.05) is 0 Å². The number of aromatic nitrogens is 1. The van der Waals surface area contributed by atoms with Gasteiger partial charge in [0.1, 0.15) is 0 Å². The lowest BCUT2D eigenvalue weighted by Crippen LogP contribution is -2.15. The molecular weight excluding hydrogens is 194 g/mol. The van der Waals surface area contributed by atoms with Crippen LogP contribution in [0.2, 0.25) is 0 Å². The van der Waals surface area contributed by atoms with Crippen LogP contribution in [0.25, 0.3) is 10.2 Å². The maximum Gasteiger partial charge on any atom is 0.0907 e. The van der Waals surface area contributed by atoms with Crippen LogP contribution in [0.3, 0.4) is 0 Å². The van der Waals surface area contributed by atoms with E-state index in [-0.39, 0.29) is 0 Å². The molecule has 0 saturated heterocycles. The Balaban J connectivity index is 2.77. The molecule has 1 aromatic carbocycles. The second kappa shape index (κ2) is 3.04. The van der Waals surface area contributed by atoms with Crippen LogP contribution in [0.5, 0.6) is 0 Å². The van der Waals surface area contributed by atoms with Gasteiger partial charge in [-0.2, -0.15) is 0 Å². The van der Waals surface area contributed by atoms with Crippen molar-refractivity contribution < 1.29 is 5.11 Å². The first-order chi connectivity index (χ1) is 6.48. The molecule has 1 aromatic heterocycles. The zero-order valence-corrected chi connectivity index (χ0v) is 9.35. The van der Waals surface area contributed by atoms with Crippen molar-refractivity contribution in [3.63, 3.8) is 0 Å². The summed E-state index contributed by atoms with van der Waals surface area (Å²) in [5, 5.41) is 11.0. The van der Waals surface area contributed by atoms with Crippen LogP contribution < -0.4 is 0 Å². The Bertz CT molecular complexity index is 468. The van der Waals surface area contributed by atoms with E-state index in [1.165, 1.54) is 0 Å². The normalized spacial score (nSPS) is 12.3. The number of thiazole rings is 1. The molecule has 0 saturated carbocycles. The third-order valence-electron chi connectivity index (χ3n) is 2.19. The summed E-state index contributed by atoms with van der Waals surface area (Å²) < 4.78 is 1.14. The van der Waals surface area contributed by atoms with Crippen molar-refractivity contribution in [2.45, 2.75) is 26.4 Å². The lowest BCUT2D eigenvalue weighted by Gasteiger charge is -2.17. The van der Waals surface area contributed by atoms with Gasteiger partial charge in [-0.1, -0.05) is 12.1 Å². The molecule has 2 nitrogen and oxygen atoms in total. The Labute approximate surface area is 87.2 Å². The van der Waals surface area contributed by atoms with Gasteiger partial charge in [0, 0.05) is 5.56 Å². The predicted molar refractivity (Wildman–Crippen MR) is 59.6 cm³/mol. The first-order valence-electron chi connectivity index (χ1n) is 4.57. The second-order valence-electron chi connectivity index (χ2n) is 3.94. The average molecular weight is 207 g/mol. The summed E-state index contributed by atoms with van der Waals surface area (Å²) in [5.74, 6) is 0. The lowest BCUT2D eigenvalue weighted by atomic mass is 9.97. The highest BCUT2D eigenvalue weighted by Crippen LogP contribution is 2.30. The molecule has 0 aliphatic carbocycles. The lowest BCUT2D eigenvalue weighted by molar-refractivity contribution is 0.0800. The molecule has 14 heavy (non-hydrogen) atoms. The van der Waals surface area contributed by atoms with Gasteiger partial charge in [-0.05, 0) is 26.8 Å². The summed E-state index contributed by atoms with van der Waals surface area (Å²) in [6.07, 6.45) is 0. The molecule has 74 valence electrons. The number of hydrogen-bond donors (Lipinski definition) is 1. The average Bonchev–Trinajstić information content (AvgIpc) is 2.41. The summed E-state index contributed by atoms with van der Waals surface area (Å²) in [4.78, 5) is 4.44. The van der Waals surface area contributed by atoms with Gasteiger partial charge in [-0.25, -0.2) is 4.98 Å². The monoisotopic (exact) mass is 207 g/mol. The number of rotatable bonds is 1. The van der Waals surface area contributed by atoms with Gasteiger partial charge in [0.15, 0.2) is 0 Å². The number of aryl methyl sites for hydroxylation is 1. The quantitative estimate of drug-likeness (QED) is 0.780. The van der Waals surface area contributed by atoms with E-state index in [0.29, 0.717) is 0 Å². The van der Waals surface area contributed by atoms with Crippen LogP contribution in [-0.4, -0.2) is 10.1 Å². The van der Waals surface area contributed by atoms with Gasteiger partial charge >= 0.3 is 0 Å². The molecule has 0 bridgehead atoms. The second-order valence-corrected chi connectivity index (χ2v) is 5.18. The minimum Gasteiger partial charge on any atom is -0.386 e. The predicted octanol–water partition coefficient (Wildman–Crippen LogP) is 2.83. The van der Waals surface area contributed by atoms with Crippen LogP contribution in [0.15, 0.2) is 18.2 Å². The first kappa shape index (κ1) is 9.62. The van der Waals surface area contributed by atoms with E-state index in [2.05, 4.69) is 4.98 Å². The van der Waals surface area contributed by atoms with Crippen LogP contribution in [0.1, 0.15) is 24.4 Å². The van der Waals surface area contributed by atoms with Crippen molar-refractivity contribution >= 4 is 21.6 Å². The number of fused-ring (bicyclic) bond motifs is 1. The highest BCUT2D eigenvalue weighted by molar-refractivity contribution is 7.18. The summed E-state index contributed by atoms with van der Waals surface area (Å²) >= 11 is 1.66. The number of aliphatic hydroxyl groups is 1. The van der Waals surface area contributed by atoms with E-state index in [0.717, 1.165) is 20.8 Å². The first-order valence-corrected chi connectivity index (χ1v) is 5.39. The van der Waals surface area contributed by atoms with Gasteiger partial charge in [0.25, 0.3) is 0 Å². The molecule has 3 heteroatoms. The van der Waals surface area contributed by atoms with E-state index in [1.54, 1.807) is 25.2 Å². The van der Waals surface area contributed by atoms with E-state index >= 15 is 0 Å². The highest BCUT2D eigenvalue weighted by Gasteiger charge is 2.20. The Hall–Kier alpha value is -0.930. The molecule has 0 amide bonds. The van der Waals surface area contributed by atoms with Gasteiger partial charge < -0.3 is 5.11 Å². The number of benzene rings is 1. The highest BCUT2D eigenvalue weighted by atomic mass is 32.1. The van der Waals surface area contributed by atoms with Gasteiger partial charge in [-0.3, -0.25) is 0 Å². The number of para-hydroxylation sites is 1. The molecule has 0 fully saturated rings. The van der Waals surface area contributed by atoms with Gasteiger partial charge in [0.2, 0.25) is 0 Å². The van der Waals surface area contributed by atoms with Crippen molar-refractivity contribution in [3.8, 4) is 0 Å². The van der Waals surface area contributed by atoms with Crippen molar-refractivity contribution in [1.29, 1.82) is 0 Å². The van der Waals surface area contributed by atoms with E-state index < -0.39 is 5.60 Å². The molecule has 1 heterocycles. The number of nitrogens with zero attached hydrogens (tertiary/aromatic N) is 1. The Morgan fingerprint density at radius 2 is 2.07 bits per heavy atom. The largest absolute Gasteiger partial charge is 0.386 e. The van der Waals surface area contributed by atoms with Crippen LogP contribution in [0, 0.1) is 6.92 Å². The van der Waals surface area contributed by atoms with Gasteiger partial charge in [-0.15, -0.1) is 11.3 Å². The van der Waals surface area contributed by atoms with Crippen LogP contribution in [0.4, 0.5) is 0 Å². The van der Waals surface area contributed by atoms with E-state index in [1.807, 2.05) is 25.1 Å². The zero-order valence-electron chi connectivity index (χ0n) is 8.53. The smallest absolute Gasteiger partial charge is 0.0907 e. The molecule has 0 aliphatic rings. The Kier molecular flexibility index (Phi) is 2.09. The summed E-state index contributed by atoms with van der Waals surface area (Å²) in [6.45, 7) is 5.56. The van der Waals surface area contributed by atoms with E-state index in [9.17, 15) is 5.11 Å². The maximum atomic E-state index is 9.96. The molecule has 2 aromatic rings. The van der Waals surface area contributed by atoms with Crippen molar-refractivity contribution in [3.05, 3.63) is 28.8 Å². The van der Waals surface area contributed by atoms with Crippen LogP contribution in [-0.2, 0) is 5.60 Å². The van der Waals surface area contributed by atoms with Crippen molar-refractivity contribution in [1.82, 2.24) is 4.98 Å². The fraction of sp³-hybridized carbons (Fsp3) is 0.364. The standard InChI is InChI=1S/C11H13NOS/c1-7-12-10-8(11(2,3)13)5-4-6-9(10)14-7/h4-6,13H,1-3H3. The molecule has 0 spiro atoms. The zero-order chi connectivity index (χ0) is 10.3. The van der Waals surface area contributed by atoms with Crippen LogP contribution >= 0.6 is 11.3 Å². The third kappa shape index (κ3) is 1.53. The molecule has 0 aliphatic heterocycles. The topological polar surface area (TPSA) is 33.1 Å². The molecule has 2 rings (SSSR count). The SMILES string of the molecule is Cc1nc2c(C(C)(C)O)cccc2s1. The maximum absolute atomic E-state index is 9.96. The Morgan fingerprint density at radius 3 is 2.71 bits per heavy atom. The fourth-order valence-corrected chi connectivity index (χ4v) is 2.41. The van der Waals surface area contributed by atoms with E-state index in [4.69, 9.17) is 0 Å². The molecular formula is C11H13NOS. The molecule has 0 radical (unpaired) electrons. The minimum absolute atomic E-state index is 0.819. The summed E-state index contributed by atoms with van der Waals surface area (Å²) in [6, 6.07) is 5.93.